The minimum atomic E-state index is 0.0779. The number of fused-ring (bicyclic) bond motifs is 1. The van der Waals surface area contributed by atoms with Crippen molar-refractivity contribution in [3.8, 4) is 0 Å². The molecule has 4 rings (SSSR count). The fourth-order valence-corrected chi connectivity index (χ4v) is 5.42. The van der Waals surface area contributed by atoms with Crippen molar-refractivity contribution in [2.75, 3.05) is 27.2 Å². The van der Waals surface area contributed by atoms with Gasteiger partial charge in [-0.05, 0) is 25.8 Å². The molecule has 2 aromatic heterocycles. The van der Waals surface area contributed by atoms with E-state index in [0.29, 0.717) is 5.92 Å². The molecule has 1 amide bonds. The minimum Gasteiger partial charge on any atom is -0.344 e. The first-order chi connectivity index (χ1) is 11.6. The van der Waals surface area contributed by atoms with Crippen molar-refractivity contribution in [2.45, 2.75) is 44.1 Å². The van der Waals surface area contributed by atoms with E-state index in [2.05, 4.69) is 14.9 Å². The Bertz CT molecular complexity index is 751. The van der Waals surface area contributed by atoms with Crippen LogP contribution in [-0.2, 0) is 0 Å². The molecule has 0 N–H and O–H groups in total. The van der Waals surface area contributed by atoms with Crippen LogP contribution in [0.1, 0.15) is 53.3 Å². The van der Waals surface area contributed by atoms with E-state index in [-0.39, 0.29) is 5.91 Å². The Morgan fingerprint density at radius 2 is 1.96 bits per heavy atom. The molecule has 3 heterocycles. The maximum absolute atomic E-state index is 12.7. The molecule has 0 radical (unpaired) electrons. The third-order valence-electron chi connectivity index (χ3n) is 5.43. The molecule has 1 atom stereocenters. The normalized spacial score (nSPS) is 22.5. The first-order valence-electron chi connectivity index (χ1n) is 8.84. The second-order valence-corrected chi connectivity index (χ2v) is 8.17. The number of amides is 1. The van der Waals surface area contributed by atoms with Gasteiger partial charge in [0.1, 0.15) is 10.3 Å². The van der Waals surface area contributed by atoms with E-state index in [1.54, 1.807) is 17.3 Å². The summed E-state index contributed by atoms with van der Waals surface area (Å²) in [4.78, 5) is 27.7. The van der Waals surface area contributed by atoms with E-state index < -0.39 is 0 Å². The van der Waals surface area contributed by atoms with Gasteiger partial charge in [-0.15, -0.1) is 11.3 Å². The highest BCUT2D eigenvalue weighted by atomic mass is 32.1. The number of likely N-dealkylation sites (tertiary alicyclic amines) is 1. The highest BCUT2D eigenvalue weighted by Gasteiger charge is 2.35. The summed E-state index contributed by atoms with van der Waals surface area (Å²) in [6.45, 7) is 2.20. The fourth-order valence-electron chi connectivity index (χ4n) is 4.21. The molecule has 5 nitrogen and oxygen atoms in total. The van der Waals surface area contributed by atoms with Crippen LogP contribution in [0.4, 0.5) is 0 Å². The minimum absolute atomic E-state index is 0.0779. The van der Waals surface area contributed by atoms with Gasteiger partial charge in [0.15, 0.2) is 0 Å². The Balaban J connectivity index is 1.70. The highest BCUT2D eigenvalue weighted by Crippen LogP contribution is 2.40. The molecule has 1 aliphatic carbocycles. The van der Waals surface area contributed by atoms with E-state index in [9.17, 15) is 4.79 Å². The lowest BCUT2D eigenvalue weighted by Crippen LogP contribution is -2.31. The van der Waals surface area contributed by atoms with Crippen LogP contribution in [0.15, 0.2) is 12.4 Å². The van der Waals surface area contributed by atoms with Crippen LogP contribution in [0.5, 0.6) is 0 Å². The number of rotatable bonds is 3. The number of thiophene rings is 1. The van der Waals surface area contributed by atoms with Gasteiger partial charge in [-0.25, -0.2) is 4.98 Å². The van der Waals surface area contributed by atoms with Crippen LogP contribution in [0.25, 0.3) is 10.3 Å². The molecule has 128 valence electrons. The van der Waals surface area contributed by atoms with Crippen molar-refractivity contribution < 1.29 is 4.79 Å². The first kappa shape index (κ1) is 16.0. The lowest BCUT2D eigenvalue weighted by atomic mass is 9.97. The first-order valence-corrected chi connectivity index (χ1v) is 9.66. The van der Waals surface area contributed by atoms with Crippen LogP contribution < -0.4 is 0 Å². The predicted octanol–water partition coefficient (Wildman–Crippen LogP) is 3.13. The van der Waals surface area contributed by atoms with Crippen LogP contribution >= 0.6 is 11.3 Å². The van der Waals surface area contributed by atoms with Gasteiger partial charge in [-0.2, -0.15) is 0 Å². The second kappa shape index (κ2) is 6.41. The maximum atomic E-state index is 12.7. The summed E-state index contributed by atoms with van der Waals surface area (Å²) in [5.74, 6) is 0.476. The van der Waals surface area contributed by atoms with Gasteiger partial charge in [0, 0.05) is 50.6 Å². The van der Waals surface area contributed by atoms with Gasteiger partial charge in [-0.3, -0.25) is 14.7 Å². The van der Waals surface area contributed by atoms with E-state index >= 15 is 0 Å². The van der Waals surface area contributed by atoms with Gasteiger partial charge in [0.2, 0.25) is 0 Å². The Hall–Kier alpha value is -1.53. The maximum Gasteiger partial charge on any atom is 0.263 e. The molecule has 1 saturated heterocycles. The predicted molar refractivity (Wildman–Crippen MR) is 96.6 cm³/mol. The Morgan fingerprint density at radius 1 is 1.21 bits per heavy atom. The molecule has 1 aliphatic heterocycles. The van der Waals surface area contributed by atoms with Gasteiger partial charge in [0.25, 0.3) is 5.91 Å². The number of nitrogens with zero attached hydrogens (tertiary/aromatic N) is 4. The van der Waals surface area contributed by atoms with Crippen molar-refractivity contribution in [2.24, 2.45) is 0 Å². The summed E-state index contributed by atoms with van der Waals surface area (Å²) in [7, 11) is 3.63. The monoisotopic (exact) mass is 344 g/mol. The summed E-state index contributed by atoms with van der Waals surface area (Å²) in [5.41, 5.74) is 2.08. The number of hydrogen-bond donors (Lipinski definition) is 0. The SMILES string of the molecule is CN(C)C(=O)c1sc2nccnc2c1[C@@H]1CCN(C2CCCC2)C1. The number of hydrogen-bond acceptors (Lipinski definition) is 5. The molecular formula is C18H24N4OS. The van der Waals surface area contributed by atoms with Crippen molar-refractivity contribution >= 4 is 27.6 Å². The third kappa shape index (κ3) is 2.71. The molecule has 0 aromatic carbocycles. The van der Waals surface area contributed by atoms with E-state index in [1.165, 1.54) is 37.0 Å². The van der Waals surface area contributed by atoms with Crippen molar-refractivity contribution in [1.82, 2.24) is 19.8 Å². The van der Waals surface area contributed by atoms with E-state index in [0.717, 1.165) is 46.3 Å². The van der Waals surface area contributed by atoms with Crippen molar-refractivity contribution in [1.29, 1.82) is 0 Å². The van der Waals surface area contributed by atoms with Crippen molar-refractivity contribution in [3.05, 3.63) is 22.8 Å². The Labute approximate surface area is 146 Å². The molecule has 0 spiro atoms. The molecule has 2 aromatic rings. The van der Waals surface area contributed by atoms with Crippen LogP contribution in [-0.4, -0.2) is 58.9 Å². The van der Waals surface area contributed by atoms with Gasteiger partial charge in [-0.1, -0.05) is 12.8 Å². The zero-order chi connectivity index (χ0) is 16.7. The van der Waals surface area contributed by atoms with Gasteiger partial charge < -0.3 is 4.90 Å². The number of carbonyl (C=O) groups excluding carboxylic acids is 1. The lowest BCUT2D eigenvalue weighted by molar-refractivity contribution is 0.0831. The summed E-state index contributed by atoms with van der Waals surface area (Å²) in [5, 5.41) is 0. The molecule has 6 heteroatoms. The number of aromatic nitrogens is 2. The molecular weight excluding hydrogens is 320 g/mol. The van der Waals surface area contributed by atoms with E-state index in [1.807, 2.05) is 14.1 Å². The standard InChI is InChI=1S/C18H24N4OS/c1-21(2)18(23)16-14(15-17(24-16)20-9-8-19-15)12-7-10-22(11-12)13-5-3-4-6-13/h8-9,12-13H,3-7,10-11H2,1-2H3/t12-/m1/s1. The average molecular weight is 344 g/mol. The summed E-state index contributed by atoms with van der Waals surface area (Å²) in [6, 6.07) is 0.749. The summed E-state index contributed by atoms with van der Waals surface area (Å²) >= 11 is 1.50. The number of carbonyl (C=O) groups is 1. The van der Waals surface area contributed by atoms with Crippen LogP contribution in [0.3, 0.4) is 0 Å². The molecule has 24 heavy (non-hydrogen) atoms. The molecule has 0 unspecified atom stereocenters. The molecule has 0 bridgehead atoms. The third-order valence-corrected chi connectivity index (χ3v) is 6.52. The molecule has 2 fully saturated rings. The Morgan fingerprint density at radius 3 is 2.71 bits per heavy atom. The molecule has 2 aliphatic rings. The highest BCUT2D eigenvalue weighted by molar-refractivity contribution is 7.20. The average Bonchev–Trinajstić information content (AvgIpc) is 3.31. The summed E-state index contributed by atoms with van der Waals surface area (Å²) < 4.78 is 0. The van der Waals surface area contributed by atoms with Crippen molar-refractivity contribution in [3.63, 3.8) is 0 Å². The topological polar surface area (TPSA) is 49.3 Å². The molecule has 1 saturated carbocycles. The lowest BCUT2D eigenvalue weighted by Gasteiger charge is -2.23. The second-order valence-electron chi connectivity index (χ2n) is 7.17. The van der Waals surface area contributed by atoms with E-state index in [4.69, 9.17) is 0 Å². The van der Waals surface area contributed by atoms with Crippen LogP contribution in [0, 0.1) is 0 Å². The smallest absolute Gasteiger partial charge is 0.263 e. The zero-order valence-corrected chi connectivity index (χ0v) is 15.2. The quantitative estimate of drug-likeness (QED) is 0.858. The fraction of sp³-hybridized carbons (Fsp3) is 0.611. The zero-order valence-electron chi connectivity index (χ0n) is 14.4. The van der Waals surface area contributed by atoms with Gasteiger partial charge in [0.05, 0.1) is 4.88 Å². The summed E-state index contributed by atoms with van der Waals surface area (Å²) in [6.07, 6.45) is 9.97. The van der Waals surface area contributed by atoms with Gasteiger partial charge >= 0.3 is 0 Å². The largest absolute Gasteiger partial charge is 0.344 e. The van der Waals surface area contributed by atoms with Crippen LogP contribution in [0.2, 0.25) is 0 Å². The Kier molecular flexibility index (Phi) is 4.26.